The number of amides is 1. The summed E-state index contributed by atoms with van der Waals surface area (Å²) in [7, 11) is 0. The van der Waals surface area contributed by atoms with Gasteiger partial charge in [-0.25, -0.2) is 4.39 Å². The van der Waals surface area contributed by atoms with E-state index in [1.807, 2.05) is 65.6 Å². The van der Waals surface area contributed by atoms with Crippen LogP contribution in [0.25, 0.3) is 0 Å². The summed E-state index contributed by atoms with van der Waals surface area (Å²) in [5.41, 5.74) is 2.84. The molecule has 0 aliphatic carbocycles. The smallest absolute Gasteiger partial charge is 0.234 e. The molecule has 3 aromatic carbocycles. The van der Waals surface area contributed by atoms with Crippen LogP contribution in [0.4, 0.5) is 4.39 Å². The van der Waals surface area contributed by atoms with Crippen molar-refractivity contribution in [1.82, 2.24) is 4.90 Å². The van der Waals surface area contributed by atoms with Crippen molar-refractivity contribution in [3.8, 4) is 0 Å². The first-order chi connectivity index (χ1) is 13.7. The molecule has 0 aromatic heterocycles. The first kappa shape index (κ1) is 18.4. The largest absolute Gasteiger partial charge is 0.370 e. The Morgan fingerprint density at radius 2 is 1.46 bits per heavy atom. The Labute approximate surface area is 164 Å². The van der Waals surface area contributed by atoms with Crippen LogP contribution in [0.3, 0.4) is 0 Å². The number of nitrogens with zero attached hydrogens (tertiary/aromatic N) is 1. The summed E-state index contributed by atoms with van der Waals surface area (Å²) in [6.45, 7) is 1.47. The Balaban J connectivity index is 1.60. The summed E-state index contributed by atoms with van der Waals surface area (Å²) in [5, 5.41) is 0. The Kier molecular flexibility index (Phi) is 5.49. The van der Waals surface area contributed by atoms with E-state index in [9.17, 15) is 9.18 Å². The van der Waals surface area contributed by atoms with Gasteiger partial charge in [0.25, 0.3) is 0 Å². The molecule has 3 aromatic rings. The number of hydrogen-bond acceptors (Lipinski definition) is 2. The molecule has 142 valence electrons. The third-order valence-electron chi connectivity index (χ3n) is 5.13. The highest BCUT2D eigenvalue weighted by Gasteiger charge is 2.31. The van der Waals surface area contributed by atoms with Gasteiger partial charge in [0.2, 0.25) is 5.91 Å². The molecule has 1 aliphatic rings. The minimum absolute atomic E-state index is 0.0628. The monoisotopic (exact) mass is 375 g/mol. The Morgan fingerprint density at radius 3 is 2.04 bits per heavy atom. The third-order valence-corrected chi connectivity index (χ3v) is 5.13. The second-order valence-corrected chi connectivity index (χ2v) is 6.95. The molecule has 0 N–H and O–H groups in total. The molecular weight excluding hydrogens is 353 g/mol. The van der Waals surface area contributed by atoms with Crippen LogP contribution >= 0.6 is 0 Å². The minimum atomic E-state index is -0.352. The van der Waals surface area contributed by atoms with Gasteiger partial charge >= 0.3 is 0 Å². The molecule has 0 spiro atoms. The molecule has 1 aliphatic heterocycles. The standard InChI is InChI=1S/C24H22FNO2/c25-21-13-11-18(12-14-21)22-17-26(15-16-28-22)24(27)23(19-7-3-1-4-8-19)20-9-5-2-6-10-20/h1-14,22-23H,15-17H2. The van der Waals surface area contributed by atoms with Gasteiger partial charge in [-0.2, -0.15) is 0 Å². The molecule has 0 bridgehead atoms. The van der Waals surface area contributed by atoms with Crippen LogP contribution < -0.4 is 0 Å². The number of benzene rings is 3. The average molecular weight is 375 g/mol. The summed E-state index contributed by atoms with van der Waals surface area (Å²) < 4.78 is 19.1. The van der Waals surface area contributed by atoms with Gasteiger partial charge in [-0.3, -0.25) is 4.79 Å². The van der Waals surface area contributed by atoms with Crippen LogP contribution in [0.5, 0.6) is 0 Å². The van der Waals surface area contributed by atoms with Crippen molar-refractivity contribution >= 4 is 5.91 Å². The lowest BCUT2D eigenvalue weighted by atomic mass is 9.89. The van der Waals surface area contributed by atoms with Crippen LogP contribution in [-0.4, -0.2) is 30.5 Å². The Hall–Kier alpha value is -2.98. The molecule has 1 saturated heterocycles. The summed E-state index contributed by atoms with van der Waals surface area (Å²) in [6.07, 6.45) is -0.245. The molecule has 4 heteroatoms. The molecule has 4 rings (SSSR count). The van der Waals surface area contributed by atoms with E-state index in [1.54, 1.807) is 12.1 Å². The fourth-order valence-electron chi connectivity index (χ4n) is 3.68. The summed E-state index contributed by atoms with van der Waals surface area (Å²) in [6, 6.07) is 26.0. The highest BCUT2D eigenvalue weighted by Crippen LogP contribution is 2.30. The van der Waals surface area contributed by atoms with Gasteiger partial charge in [-0.15, -0.1) is 0 Å². The molecule has 1 heterocycles. The van der Waals surface area contributed by atoms with Crippen LogP contribution in [-0.2, 0) is 9.53 Å². The quantitative estimate of drug-likeness (QED) is 0.669. The maximum absolute atomic E-state index is 13.5. The lowest BCUT2D eigenvalue weighted by molar-refractivity contribution is -0.139. The van der Waals surface area contributed by atoms with E-state index in [0.717, 1.165) is 16.7 Å². The SMILES string of the molecule is O=C(C(c1ccccc1)c1ccccc1)N1CCOC(c2ccc(F)cc2)C1. The number of ether oxygens (including phenoxy) is 1. The average Bonchev–Trinajstić information content (AvgIpc) is 2.76. The maximum Gasteiger partial charge on any atom is 0.234 e. The number of carbonyl (C=O) groups excluding carboxylic acids is 1. The van der Waals surface area contributed by atoms with Gasteiger partial charge in [0.1, 0.15) is 11.9 Å². The Morgan fingerprint density at radius 1 is 0.893 bits per heavy atom. The molecule has 0 radical (unpaired) electrons. The van der Waals surface area contributed by atoms with Crippen LogP contribution in [0.1, 0.15) is 28.7 Å². The van der Waals surface area contributed by atoms with Crippen molar-refractivity contribution in [3.05, 3.63) is 107 Å². The van der Waals surface area contributed by atoms with Crippen molar-refractivity contribution in [3.63, 3.8) is 0 Å². The fourth-order valence-corrected chi connectivity index (χ4v) is 3.68. The van der Waals surface area contributed by atoms with E-state index >= 15 is 0 Å². The molecule has 1 fully saturated rings. The number of morpholine rings is 1. The van der Waals surface area contributed by atoms with E-state index in [0.29, 0.717) is 19.7 Å². The summed E-state index contributed by atoms with van der Waals surface area (Å²) in [5.74, 6) is -0.567. The topological polar surface area (TPSA) is 29.5 Å². The van der Waals surface area contributed by atoms with Crippen LogP contribution in [0.15, 0.2) is 84.9 Å². The first-order valence-electron chi connectivity index (χ1n) is 9.48. The zero-order chi connectivity index (χ0) is 19.3. The maximum atomic E-state index is 13.5. The van der Waals surface area contributed by atoms with Gasteiger partial charge in [-0.05, 0) is 28.8 Å². The second kappa shape index (κ2) is 8.36. The normalized spacial score (nSPS) is 16.9. The van der Waals surface area contributed by atoms with Crippen molar-refractivity contribution < 1.29 is 13.9 Å². The van der Waals surface area contributed by atoms with E-state index < -0.39 is 0 Å². The molecule has 0 saturated carbocycles. The predicted molar refractivity (Wildman–Crippen MR) is 106 cm³/mol. The number of hydrogen-bond donors (Lipinski definition) is 0. The van der Waals surface area contributed by atoms with Crippen molar-refractivity contribution in [2.75, 3.05) is 19.7 Å². The van der Waals surface area contributed by atoms with E-state index in [2.05, 4.69) is 0 Å². The zero-order valence-electron chi connectivity index (χ0n) is 15.5. The van der Waals surface area contributed by atoms with Gasteiger partial charge < -0.3 is 9.64 Å². The van der Waals surface area contributed by atoms with Crippen LogP contribution in [0, 0.1) is 5.82 Å². The molecule has 3 nitrogen and oxygen atoms in total. The summed E-state index contributed by atoms with van der Waals surface area (Å²) in [4.78, 5) is 15.4. The highest BCUT2D eigenvalue weighted by molar-refractivity contribution is 5.87. The molecule has 1 unspecified atom stereocenters. The molecule has 1 amide bonds. The molecule has 28 heavy (non-hydrogen) atoms. The molecule has 1 atom stereocenters. The lowest BCUT2D eigenvalue weighted by Crippen LogP contribution is -2.44. The minimum Gasteiger partial charge on any atom is -0.370 e. The van der Waals surface area contributed by atoms with Crippen molar-refractivity contribution in [2.45, 2.75) is 12.0 Å². The van der Waals surface area contributed by atoms with Gasteiger partial charge in [0.15, 0.2) is 0 Å². The van der Waals surface area contributed by atoms with E-state index in [-0.39, 0.29) is 23.7 Å². The van der Waals surface area contributed by atoms with E-state index in [1.165, 1.54) is 12.1 Å². The first-order valence-corrected chi connectivity index (χ1v) is 9.48. The predicted octanol–water partition coefficient (Wildman–Crippen LogP) is 4.56. The lowest BCUT2D eigenvalue weighted by Gasteiger charge is -2.35. The number of halogens is 1. The van der Waals surface area contributed by atoms with Crippen molar-refractivity contribution in [2.24, 2.45) is 0 Å². The third kappa shape index (κ3) is 3.97. The Bertz CT molecular complexity index is 873. The van der Waals surface area contributed by atoms with Gasteiger partial charge in [0, 0.05) is 6.54 Å². The fraction of sp³-hybridized carbons (Fsp3) is 0.208. The van der Waals surface area contributed by atoms with Crippen molar-refractivity contribution in [1.29, 1.82) is 0 Å². The number of rotatable bonds is 4. The number of carbonyl (C=O) groups is 1. The summed E-state index contributed by atoms with van der Waals surface area (Å²) >= 11 is 0. The highest BCUT2D eigenvalue weighted by atomic mass is 19.1. The van der Waals surface area contributed by atoms with E-state index in [4.69, 9.17) is 4.74 Å². The van der Waals surface area contributed by atoms with Gasteiger partial charge in [-0.1, -0.05) is 72.8 Å². The van der Waals surface area contributed by atoms with Gasteiger partial charge in [0.05, 0.1) is 19.1 Å². The zero-order valence-corrected chi connectivity index (χ0v) is 15.5. The van der Waals surface area contributed by atoms with Crippen LogP contribution in [0.2, 0.25) is 0 Å². The molecular formula is C24H22FNO2. The second-order valence-electron chi connectivity index (χ2n) is 6.95.